The van der Waals surface area contributed by atoms with Crippen LogP contribution in [0.1, 0.15) is 11.1 Å². The minimum atomic E-state index is -0.350. The third-order valence-electron chi connectivity index (χ3n) is 6.62. The Bertz CT molecular complexity index is 2110. The van der Waals surface area contributed by atoms with Gasteiger partial charge in [-0.15, -0.1) is 0 Å². The van der Waals surface area contributed by atoms with E-state index in [4.69, 9.17) is 35.2 Å². The number of aromatic nitrogens is 2. The number of ether oxygens (including phenoxy) is 3. The van der Waals surface area contributed by atoms with Gasteiger partial charge in [0.25, 0.3) is 5.56 Å². The van der Waals surface area contributed by atoms with Crippen LogP contribution >= 0.6 is 43.5 Å². The van der Waals surface area contributed by atoms with Crippen molar-refractivity contribution < 1.29 is 18.6 Å². The molecule has 42 heavy (non-hydrogen) atoms. The van der Waals surface area contributed by atoms with Gasteiger partial charge >= 0.3 is 0 Å². The second kappa shape index (κ2) is 10.9. The van der Waals surface area contributed by atoms with Gasteiger partial charge in [-0.25, -0.2) is 4.98 Å². The van der Waals surface area contributed by atoms with Gasteiger partial charge in [-0.05, 0) is 82.2 Å². The Morgan fingerprint density at radius 1 is 1.00 bits per heavy atom. The summed E-state index contributed by atoms with van der Waals surface area (Å²) in [6.07, 6.45) is 1.52. The van der Waals surface area contributed by atoms with Crippen molar-refractivity contribution >= 4 is 71.5 Å². The Balaban J connectivity index is 1.30. The molecule has 0 atom stereocenters. The molecule has 11 heteroatoms. The fourth-order valence-electron chi connectivity index (χ4n) is 4.65. The zero-order valence-corrected chi connectivity index (χ0v) is 25.4. The Labute approximate surface area is 260 Å². The van der Waals surface area contributed by atoms with E-state index in [9.17, 15) is 4.79 Å². The summed E-state index contributed by atoms with van der Waals surface area (Å²) in [6.45, 7) is 0.439. The summed E-state index contributed by atoms with van der Waals surface area (Å²) in [5.74, 6) is 2.52. The van der Waals surface area contributed by atoms with E-state index in [-0.39, 0.29) is 24.8 Å². The first-order valence-electron chi connectivity index (χ1n) is 12.7. The summed E-state index contributed by atoms with van der Waals surface area (Å²) in [5.41, 5.74) is 2.28. The third kappa shape index (κ3) is 5.06. The summed E-state index contributed by atoms with van der Waals surface area (Å²) in [7, 11) is 0. The van der Waals surface area contributed by atoms with Crippen LogP contribution in [0.3, 0.4) is 0 Å². The van der Waals surface area contributed by atoms with Crippen molar-refractivity contribution in [2.75, 3.05) is 6.79 Å². The summed E-state index contributed by atoms with van der Waals surface area (Å²) in [4.78, 5) is 18.5. The predicted octanol–water partition coefficient (Wildman–Crippen LogP) is 8.18. The lowest BCUT2D eigenvalue weighted by molar-refractivity contribution is 0.174. The number of hydrogen-bond acceptors (Lipinski definition) is 7. The monoisotopic (exact) mass is 705 g/mol. The lowest BCUT2D eigenvalue weighted by Crippen LogP contribution is -2.20. The predicted molar refractivity (Wildman–Crippen MR) is 168 cm³/mol. The maximum atomic E-state index is 13.7. The Morgan fingerprint density at radius 2 is 1.86 bits per heavy atom. The van der Waals surface area contributed by atoms with Gasteiger partial charge in [-0.1, -0.05) is 45.7 Å². The molecule has 1 aliphatic heterocycles. The van der Waals surface area contributed by atoms with Crippen LogP contribution in [0.4, 0.5) is 0 Å². The molecule has 0 bridgehead atoms. The van der Waals surface area contributed by atoms with Crippen LogP contribution in [-0.2, 0) is 6.61 Å². The van der Waals surface area contributed by atoms with E-state index in [2.05, 4.69) is 37.0 Å². The van der Waals surface area contributed by atoms with Crippen LogP contribution in [-0.4, -0.2) is 22.7 Å². The molecule has 0 spiro atoms. The molecular weight excluding hydrogens is 690 g/mol. The maximum absolute atomic E-state index is 13.7. The third-order valence-corrected chi connectivity index (χ3v) is 7.92. The number of halogens is 3. The van der Waals surface area contributed by atoms with Crippen molar-refractivity contribution in [1.29, 1.82) is 0 Å². The van der Waals surface area contributed by atoms with Crippen molar-refractivity contribution in [3.8, 4) is 28.8 Å². The zero-order chi connectivity index (χ0) is 28.8. The normalized spacial score (nSPS) is 12.5. The molecule has 3 heterocycles. The van der Waals surface area contributed by atoms with Gasteiger partial charge in [0, 0.05) is 20.4 Å². The van der Waals surface area contributed by atoms with Gasteiger partial charge in [0.1, 0.15) is 17.9 Å². The second-order valence-electron chi connectivity index (χ2n) is 9.39. The van der Waals surface area contributed by atoms with Crippen molar-refractivity contribution in [1.82, 2.24) is 9.66 Å². The van der Waals surface area contributed by atoms with Crippen LogP contribution in [0.5, 0.6) is 17.2 Å². The summed E-state index contributed by atoms with van der Waals surface area (Å²) in [5, 5.41) is 6.33. The minimum absolute atomic E-state index is 0.194. The van der Waals surface area contributed by atoms with E-state index in [1.165, 1.54) is 10.9 Å². The molecule has 0 N–H and O–H groups in total. The highest BCUT2D eigenvalue weighted by molar-refractivity contribution is 9.10. The highest BCUT2D eigenvalue weighted by Crippen LogP contribution is 2.35. The first-order chi connectivity index (χ1) is 20.4. The molecule has 0 saturated heterocycles. The molecule has 0 saturated carbocycles. The second-order valence-corrected chi connectivity index (χ2v) is 11.6. The number of benzene rings is 4. The van der Waals surface area contributed by atoms with Crippen LogP contribution < -0.4 is 19.8 Å². The van der Waals surface area contributed by atoms with Crippen LogP contribution in [0.15, 0.2) is 102 Å². The van der Waals surface area contributed by atoms with Crippen LogP contribution in [0.2, 0.25) is 5.02 Å². The first kappa shape index (κ1) is 26.8. The number of para-hydroxylation sites is 1. The van der Waals surface area contributed by atoms with Crippen molar-refractivity contribution in [3.63, 3.8) is 0 Å². The largest absolute Gasteiger partial charge is 0.487 e. The van der Waals surface area contributed by atoms with Crippen molar-refractivity contribution in [3.05, 3.63) is 114 Å². The van der Waals surface area contributed by atoms with E-state index < -0.39 is 0 Å². The number of furan rings is 1. The van der Waals surface area contributed by atoms with Gasteiger partial charge in [-0.3, -0.25) is 4.79 Å². The Kier molecular flexibility index (Phi) is 6.97. The fraction of sp³-hybridized carbons (Fsp3) is 0.0645. The smallest absolute Gasteiger partial charge is 0.282 e. The van der Waals surface area contributed by atoms with Gasteiger partial charge in [0.2, 0.25) is 12.6 Å². The van der Waals surface area contributed by atoms with Gasteiger partial charge in [0.15, 0.2) is 17.3 Å². The van der Waals surface area contributed by atoms with E-state index in [1.54, 1.807) is 30.3 Å². The molecule has 0 amide bonds. The molecular formula is C31H18Br2ClN3O5. The highest BCUT2D eigenvalue weighted by Gasteiger charge is 2.18. The zero-order valence-electron chi connectivity index (χ0n) is 21.5. The lowest BCUT2D eigenvalue weighted by atomic mass is 10.2. The number of rotatable bonds is 6. The summed E-state index contributed by atoms with van der Waals surface area (Å²) in [6, 6.07) is 23.7. The molecule has 7 rings (SSSR count). The Hall–Kier alpha value is -4.12. The average Bonchev–Trinajstić information content (AvgIpc) is 3.62. The topological polar surface area (TPSA) is 88.1 Å². The van der Waals surface area contributed by atoms with E-state index in [0.717, 1.165) is 15.4 Å². The lowest BCUT2D eigenvalue weighted by Gasteiger charge is -2.13. The van der Waals surface area contributed by atoms with Gasteiger partial charge in [0.05, 0.1) is 21.6 Å². The average molecular weight is 708 g/mol. The molecule has 1 aliphatic rings. The molecule has 0 fully saturated rings. The van der Waals surface area contributed by atoms with E-state index in [0.29, 0.717) is 54.6 Å². The molecule has 2 aromatic heterocycles. The molecule has 0 radical (unpaired) electrons. The number of fused-ring (bicyclic) bond motifs is 3. The molecule has 0 unspecified atom stereocenters. The highest BCUT2D eigenvalue weighted by atomic mass is 79.9. The molecule has 6 aromatic rings. The first-order valence-corrected chi connectivity index (χ1v) is 14.7. The fourth-order valence-corrected chi connectivity index (χ4v) is 5.98. The van der Waals surface area contributed by atoms with Gasteiger partial charge < -0.3 is 18.6 Å². The minimum Gasteiger partial charge on any atom is -0.487 e. The number of hydrogen-bond donors (Lipinski definition) is 0. The molecule has 0 aliphatic carbocycles. The summed E-state index contributed by atoms with van der Waals surface area (Å²) < 4.78 is 25.9. The van der Waals surface area contributed by atoms with Gasteiger partial charge in [-0.2, -0.15) is 9.78 Å². The van der Waals surface area contributed by atoms with Crippen molar-refractivity contribution in [2.45, 2.75) is 6.61 Å². The Morgan fingerprint density at radius 3 is 2.76 bits per heavy atom. The van der Waals surface area contributed by atoms with E-state index in [1.807, 2.05) is 48.5 Å². The molecule has 4 aromatic carbocycles. The molecule has 208 valence electrons. The van der Waals surface area contributed by atoms with E-state index >= 15 is 0 Å². The SMILES string of the molecule is O=c1c2ccccc2nc(-c2cc3cc(Br)ccc3o2)n1N=Cc1cc(Cl)cc(Br)c1OCc1ccc2c(c1)OCO2. The number of nitrogens with zero attached hydrogens (tertiary/aromatic N) is 3. The summed E-state index contributed by atoms with van der Waals surface area (Å²) >= 11 is 13.4. The van der Waals surface area contributed by atoms with Crippen LogP contribution in [0, 0.1) is 0 Å². The quantitative estimate of drug-likeness (QED) is 0.162. The maximum Gasteiger partial charge on any atom is 0.282 e. The van der Waals surface area contributed by atoms with Crippen LogP contribution in [0.25, 0.3) is 33.5 Å². The van der Waals surface area contributed by atoms with Crippen molar-refractivity contribution in [2.24, 2.45) is 5.10 Å². The standard InChI is InChI=1S/C31H18Br2ClN3O5/c32-20-6-8-25-18(10-20)12-28(42-25)30-36-24-4-2-1-3-22(24)31(38)37(30)35-14-19-11-21(34)13-23(33)29(19)39-15-17-5-7-26-27(9-17)41-16-40-26/h1-14H,15-16H2. The molecule has 8 nitrogen and oxygen atoms in total.